The summed E-state index contributed by atoms with van der Waals surface area (Å²) in [6, 6.07) is 10.8. The Balaban J connectivity index is 2.07. The van der Waals surface area contributed by atoms with Crippen molar-refractivity contribution in [3.63, 3.8) is 0 Å². The second-order valence-electron chi connectivity index (χ2n) is 5.78. The summed E-state index contributed by atoms with van der Waals surface area (Å²) in [6.45, 7) is 5.34. The van der Waals surface area contributed by atoms with Gasteiger partial charge >= 0.3 is 0 Å². The summed E-state index contributed by atoms with van der Waals surface area (Å²) < 4.78 is 10.7. The van der Waals surface area contributed by atoms with Crippen LogP contribution in [-0.4, -0.2) is 19.7 Å². The van der Waals surface area contributed by atoms with Crippen LogP contribution in [0.3, 0.4) is 0 Å². The second-order valence-corrected chi connectivity index (χ2v) is 5.78. The Labute approximate surface area is 127 Å². The van der Waals surface area contributed by atoms with E-state index in [0.717, 1.165) is 25.1 Å². The predicted octanol–water partition coefficient (Wildman–Crippen LogP) is 3.69. The number of hydrogen-bond donors (Lipinski definition) is 1. The summed E-state index contributed by atoms with van der Waals surface area (Å²) in [7, 11) is 1.73. The zero-order valence-electron chi connectivity index (χ0n) is 13.1. The van der Waals surface area contributed by atoms with Crippen LogP contribution in [0.5, 0.6) is 5.75 Å². The van der Waals surface area contributed by atoms with Crippen molar-refractivity contribution in [3.05, 3.63) is 54.0 Å². The van der Waals surface area contributed by atoms with E-state index in [1.165, 1.54) is 11.1 Å². The van der Waals surface area contributed by atoms with Crippen molar-refractivity contribution in [2.45, 2.75) is 32.7 Å². The Morgan fingerprint density at radius 2 is 1.95 bits per heavy atom. The third-order valence-electron chi connectivity index (χ3n) is 3.62. The zero-order chi connectivity index (χ0) is 15.1. The van der Waals surface area contributed by atoms with Crippen LogP contribution in [0.2, 0.25) is 0 Å². The highest BCUT2D eigenvalue weighted by molar-refractivity contribution is 5.33. The SMILES string of the molecule is COc1ccccc1CC(CNC(C)C)Cc1ccoc1. The molecule has 1 atom stereocenters. The van der Waals surface area contributed by atoms with E-state index in [4.69, 9.17) is 9.15 Å². The van der Waals surface area contributed by atoms with Crippen LogP contribution in [0.4, 0.5) is 0 Å². The Bertz CT molecular complexity index is 520. The molecule has 3 heteroatoms. The molecular weight excluding hydrogens is 262 g/mol. The average Bonchev–Trinajstić information content (AvgIpc) is 2.98. The van der Waals surface area contributed by atoms with Crippen molar-refractivity contribution in [2.75, 3.05) is 13.7 Å². The molecule has 0 aliphatic rings. The summed E-state index contributed by atoms with van der Waals surface area (Å²) in [5.74, 6) is 1.49. The number of benzene rings is 1. The Hall–Kier alpha value is -1.74. The molecule has 1 heterocycles. The van der Waals surface area contributed by atoms with Crippen LogP contribution in [-0.2, 0) is 12.8 Å². The fraction of sp³-hybridized carbons (Fsp3) is 0.444. The highest BCUT2D eigenvalue weighted by atomic mass is 16.5. The molecule has 2 rings (SSSR count). The van der Waals surface area contributed by atoms with Crippen molar-refractivity contribution < 1.29 is 9.15 Å². The molecule has 0 aliphatic carbocycles. The van der Waals surface area contributed by atoms with Gasteiger partial charge in [0.25, 0.3) is 0 Å². The van der Waals surface area contributed by atoms with Crippen molar-refractivity contribution in [1.82, 2.24) is 5.32 Å². The Morgan fingerprint density at radius 1 is 1.14 bits per heavy atom. The van der Waals surface area contributed by atoms with E-state index in [1.807, 2.05) is 24.5 Å². The van der Waals surface area contributed by atoms with Crippen molar-refractivity contribution in [3.8, 4) is 5.75 Å². The summed E-state index contributed by atoms with van der Waals surface area (Å²) in [6.07, 6.45) is 5.58. The third kappa shape index (κ3) is 4.94. The number of hydrogen-bond acceptors (Lipinski definition) is 3. The maximum Gasteiger partial charge on any atom is 0.122 e. The Morgan fingerprint density at radius 3 is 2.62 bits per heavy atom. The molecule has 21 heavy (non-hydrogen) atoms. The zero-order valence-corrected chi connectivity index (χ0v) is 13.1. The quantitative estimate of drug-likeness (QED) is 0.804. The first-order valence-corrected chi connectivity index (χ1v) is 7.55. The van der Waals surface area contributed by atoms with Gasteiger partial charge in [-0.3, -0.25) is 0 Å². The smallest absolute Gasteiger partial charge is 0.122 e. The van der Waals surface area contributed by atoms with E-state index in [0.29, 0.717) is 12.0 Å². The molecular formula is C18H25NO2. The van der Waals surface area contributed by atoms with Crippen LogP contribution in [0, 0.1) is 5.92 Å². The molecule has 0 amide bonds. The van der Waals surface area contributed by atoms with E-state index in [2.05, 4.69) is 31.3 Å². The van der Waals surface area contributed by atoms with Crippen molar-refractivity contribution >= 4 is 0 Å². The maximum absolute atomic E-state index is 5.47. The van der Waals surface area contributed by atoms with Gasteiger partial charge in [-0.2, -0.15) is 0 Å². The van der Waals surface area contributed by atoms with E-state index in [9.17, 15) is 0 Å². The minimum atomic E-state index is 0.495. The molecule has 3 nitrogen and oxygen atoms in total. The lowest BCUT2D eigenvalue weighted by Crippen LogP contribution is -2.31. The highest BCUT2D eigenvalue weighted by Gasteiger charge is 2.14. The molecule has 1 N–H and O–H groups in total. The lowest BCUT2D eigenvalue weighted by atomic mass is 9.93. The first-order valence-electron chi connectivity index (χ1n) is 7.55. The van der Waals surface area contributed by atoms with Crippen LogP contribution >= 0.6 is 0 Å². The molecule has 1 unspecified atom stereocenters. The van der Waals surface area contributed by atoms with E-state index in [-0.39, 0.29) is 0 Å². The monoisotopic (exact) mass is 287 g/mol. The molecule has 2 aromatic rings. The molecule has 0 aliphatic heterocycles. The number of para-hydroxylation sites is 1. The molecule has 1 aromatic carbocycles. The summed E-state index contributed by atoms with van der Waals surface area (Å²) in [5.41, 5.74) is 2.51. The maximum atomic E-state index is 5.47. The summed E-state index contributed by atoms with van der Waals surface area (Å²) in [5, 5.41) is 3.54. The van der Waals surface area contributed by atoms with Gasteiger partial charge in [-0.05, 0) is 48.6 Å². The third-order valence-corrected chi connectivity index (χ3v) is 3.62. The topological polar surface area (TPSA) is 34.4 Å². The summed E-state index contributed by atoms with van der Waals surface area (Å²) in [4.78, 5) is 0. The number of ether oxygens (including phenoxy) is 1. The van der Waals surface area contributed by atoms with Gasteiger partial charge in [-0.25, -0.2) is 0 Å². The molecule has 1 aromatic heterocycles. The van der Waals surface area contributed by atoms with Gasteiger partial charge in [-0.1, -0.05) is 32.0 Å². The molecule has 0 bridgehead atoms. The number of furan rings is 1. The van der Waals surface area contributed by atoms with Gasteiger partial charge in [0.15, 0.2) is 0 Å². The summed E-state index contributed by atoms with van der Waals surface area (Å²) >= 11 is 0. The Kier molecular flexibility index (Phi) is 5.88. The molecule has 0 saturated carbocycles. The number of methoxy groups -OCH3 is 1. The van der Waals surface area contributed by atoms with Crippen LogP contribution in [0.25, 0.3) is 0 Å². The van der Waals surface area contributed by atoms with Crippen LogP contribution < -0.4 is 10.1 Å². The second kappa shape index (κ2) is 7.89. The molecule has 0 saturated heterocycles. The number of nitrogens with one attached hydrogen (secondary N) is 1. The van der Waals surface area contributed by atoms with Gasteiger partial charge in [0, 0.05) is 6.04 Å². The van der Waals surface area contributed by atoms with Crippen LogP contribution in [0.15, 0.2) is 47.3 Å². The van der Waals surface area contributed by atoms with E-state index < -0.39 is 0 Å². The van der Waals surface area contributed by atoms with Gasteiger partial charge in [-0.15, -0.1) is 0 Å². The molecule has 114 valence electrons. The van der Waals surface area contributed by atoms with Gasteiger partial charge in [0.1, 0.15) is 5.75 Å². The normalized spacial score (nSPS) is 12.6. The van der Waals surface area contributed by atoms with Gasteiger partial charge in [0.2, 0.25) is 0 Å². The lowest BCUT2D eigenvalue weighted by molar-refractivity contribution is 0.396. The lowest BCUT2D eigenvalue weighted by Gasteiger charge is -2.20. The molecule has 0 spiro atoms. The van der Waals surface area contributed by atoms with Crippen LogP contribution in [0.1, 0.15) is 25.0 Å². The largest absolute Gasteiger partial charge is 0.496 e. The van der Waals surface area contributed by atoms with E-state index in [1.54, 1.807) is 13.4 Å². The molecule has 0 radical (unpaired) electrons. The first-order chi connectivity index (χ1) is 10.2. The molecule has 0 fully saturated rings. The van der Waals surface area contributed by atoms with Gasteiger partial charge < -0.3 is 14.5 Å². The standard InChI is InChI=1S/C18H25NO2/c1-14(2)19-12-16(10-15-8-9-21-13-15)11-17-6-4-5-7-18(17)20-3/h4-9,13-14,16,19H,10-12H2,1-3H3. The highest BCUT2D eigenvalue weighted by Crippen LogP contribution is 2.23. The predicted molar refractivity (Wildman–Crippen MR) is 85.7 cm³/mol. The van der Waals surface area contributed by atoms with Gasteiger partial charge in [0.05, 0.1) is 19.6 Å². The number of rotatable bonds is 8. The fourth-order valence-electron chi connectivity index (χ4n) is 2.54. The van der Waals surface area contributed by atoms with E-state index >= 15 is 0 Å². The van der Waals surface area contributed by atoms with Crippen molar-refractivity contribution in [2.24, 2.45) is 5.92 Å². The fourth-order valence-corrected chi connectivity index (χ4v) is 2.54. The van der Waals surface area contributed by atoms with Crippen molar-refractivity contribution in [1.29, 1.82) is 0 Å². The first kappa shape index (κ1) is 15.6. The average molecular weight is 287 g/mol. The minimum Gasteiger partial charge on any atom is -0.496 e. The minimum absolute atomic E-state index is 0.495.